The highest BCUT2D eigenvalue weighted by molar-refractivity contribution is 5.41. The van der Waals surface area contributed by atoms with Crippen LogP contribution in [-0.4, -0.2) is 27.4 Å². The molecule has 5 nitrogen and oxygen atoms in total. The van der Waals surface area contributed by atoms with Crippen molar-refractivity contribution in [3.63, 3.8) is 0 Å². The molecular formula is C32H38N2O3. The second kappa shape index (κ2) is 9.70. The Morgan fingerprint density at radius 3 is 2.11 bits per heavy atom. The van der Waals surface area contributed by atoms with Crippen LogP contribution >= 0.6 is 0 Å². The number of hydrogen-bond acceptors (Lipinski definition) is 5. The van der Waals surface area contributed by atoms with Crippen LogP contribution in [0.25, 0.3) is 0 Å². The molecule has 194 valence electrons. The molecule has 0 amide bonds. The second-order valence-corrected chi connectivity index (χ2v) is 11.6. The lowest BCUT2D eigenvalue weighted by atomic mass is 9.53. The maximum atomic E-state index is 10.4. The van der Waals surface area contributed by atoms with Crippen LogP contribution in [0.4, 0.5) is 0 Å². The highest BCUT2D eigenvalue weighted by atomic mass is 16.3. The summed E-state index contributed by atoms with van der Waals surface area (Å²) in [5.41, 5.74) is 4.63. The Hall–Kier alpha value is -3.02. The molecule has 3 aromatic rings. The summed E-state index contributed by atoms with van der Waals surface area (Å²) in [4.78, 5) is 0. The van der Waals surface area contributed by atoms with Crippen LogP contribution in [0.2, 0.25) is 0 Å². The molecule has 0 saturated heterocycles. The van der Waals surface area contributed by atoms with Crippen molar-refractivity contribution in [1.82, 2.24) is 10.6 Å². The Kier molecular flexibility index (Phi) is 6.37. The smallest absolute Gasteiger partial charge is 0.120 e. The van der Waals surface area contributed by atoms with Gasteiger partial charge in [-0.05, 0) is 85.3 Å². The Morgan fingerprint density at radius 2 is 1.43 bits per heavy atom. The first kappa shape index (κ1) is 24.3. The molecule has 0 aromatic heterocycles. The molecule has 6 atom stereocenters. The first-order chi connectivity index (χ1) is 17.9. The van der Waals surface area contributed by atoms with E-state index >= 15 is 0 Å². The van der Waals surface area contributed by atoms with Gasteiger partial charge < -0.3 is 26.0 Å². The number of phenols is 3. The van der Waals surface area contributed by atoms with E-state index in [4.69, 9.17) is 0 Å². The molecular weight excluding hydrogens is 460 g/mol. The lowest BCUT2D eigenvalue weighted by Gasteiger charge is -2.55. The molecule has 0 bridgehead atoms. The molecule has 3 aliphatic carbocycles. The summed E-state index contributed by atoms with van der Waals surface area (Å²) in [6.07, 6.45) is 5.55. The summed E-state index contributed by atoms with van der Waals surface area (Å²) in [6, 6.07) is 21.8. The van der Waals surface area contributed by atoms with E-state index < -0.39 is 0 Å². The number of fused-ring (bicyclic) bond motifs is 5. The molecule has 6 rings (SSSR count). The SMILES string of the molecule is C[C@]12C(CC[C@H]1NCc1ccccc1O)C1CCc3cc(O)ccc3C1C[C@H]2NCc1ccccc1O. The molecule has 3 unspecified atom stereocenters. The number of aromatic hydroxyl groups is 3. The number of benzene rings is 3. The van der Waals surface area contributed by atoms with Gasteiger partial charge in [0.1, 0.15) is 17.2 Å². The van der Waals surface area contributed by atoms with Crippen molar-refractivity contribution < 1.29 is 15.3 Å². The largest absolute Gasteiger partial charge is 0.508 e. The molecule has 2 fully saturated rings. The van der Waals surface area contributed by atoms with Crippen LogP contribution in [0.1, 0.15) is 60.8 Å². The average molecular weight is 499 g/mol. The monoisotopic (exact) mass is 498 g/mol. The van der Waals surface area contributed by atoms with Crippen molar-refractivity contribution in [3.8, 4) is 17.2 Å². The highest BCUT2D eigenvalue weighted by Gasteiger charge is 2.59. The number of rotatable bonds is 6. The second-order valence-electron chi connectivity index (χ2n) is 11.6. The molecule has 0 radical (unpaired) electrons. The van der Waals surface area contributed by atoms with Crippen LogP contribution in [0, 0.1) is 17.3 Å². The van der Waals surface area contributed by atoms with Gasteiger partial charge in [-0.1, -0.05) is 49.4 Å². The predicted molar refractivity (Wildman–Crippen MR) is 146 cm³/mol. The van der Waals surface area contributed by atoms with Gasteiger partial charge in [0.15, 0.2) is 0 Å². The van der Waals surface area contributed by atoms with Crippen molar-refractivity contribution in [3.05, 3.63) is 89.0 Å². The Bertz CT molecular complexity index is 1280. The van der Waals surface area contributed by atoms with Gasteiger partial charge in [0.05, 0.1) is 0 Å². The van der Waals surface area contributed by atoms with Gasteiger partial charge in [-0.3, -0.25) is 0 Å². The predicted octanol–water partition coefficient (Wildman–Crippen LogP) is 5.59. The average Bonchev–Trinajstić information content (AvgIpc) is 3.24. The lowest BCUT2D eigenvalue weighted by molar-refractivity contribution is 0.00434. The van der Waals surface area contributed by atoms with Gasteiger partial charge in [0.2, 0.25) is 0 Å². The van der Waals surface area contributed by atoms with Crippen LogP contribution in [-0.2, 0) is 19.5 Å². The summed E-state index contributed by atoms with van der Waals surface area (Å²) in [5.74, 6) is 2.73. The molecule has 0 spiro atoms. The fourth-order valence-electron chi connectivity index (χ4n) is 8.03. The first-order valence-corrected chi connectivity index (χ1v) is 13.8. The summed E-state index contributed by atoms with van der Waals surface area (Å²) in [7, 11) is 0. The topological polar surface area (TPSA) is 84.8 Å². The zero-order valence-corrected chi connectivity index (χ0v) is 21.5. The van der Waals surface area contributed by atoms with E-state index in [0.29, 0.717) is 54.1 Å². The molecule has 0 heterocycles. The minimum Gasteiger partial charge on any atom is -0.508 e. The molecule has 3 aromatic carbocycles. The normalized spacial score (nSPS) is 30.4. The third kappa shape index (κ3) is 4.28. The number of phenolic OH excluding ortho intramolecular Hbond substituents is 3. The summed E-state index contributed by atoms with van der Waals surface area (Å²) in [5, 5.41) is 38.6. The summed E-state index contributed by atoms with van der Waals surface area (Å²) < 4.78 is 0. The molecule has 37 heavy (non-hydrogen) atoms. The number of nitrogens with one attached hydrogen (secondary N) is 2. The minimum atomic E-state index is 0.0460. The zero-order chi connectivity index (χ0) is 25.6. The van der Waals surface area contributed by atoms with Crippen molar-refractivity contribution in [2.45, 2.75) is 70.1 Å². The van der Waals surface area contributed by atoms with E-state index in [-0.39, 0.29) is 11.5 Å². The number of aryl methyl sites for hydroxylation is 1. The standard InChI is InChI=1S/C32H38N2O3/c1-32-27(14-15-30(32)33-18-21-6-2-4-8-28(21)36)25-12-10-20-16-23(35)11-13-24(20)26(25)17-31(32)34-19-22-7-3-5-9-29(22)37/h2-9,11,13,16,25-27,30-31,33-37H,10,12,14-15,17-19H2,1H3/t25?,26?,27?,30-,31-,32+/m1/s1. The van der Waals surface area contributed by atoms with Gasteiger partial charge in [0.25, 0.3) is 0 Å². The van der Waals surface area contributed by atoms with Crippen LogP contribution in [0.5, 0.6) is 17.2 Å². The third-order valence-corrected chi connectivity index (χ3v) is 9.92. The minimum absolute atomic E-state index is 0.0460. The fourth-order valence-corrected chi connectivity index (χ4v) is 8.03. The Labute approximate surface area is 219 Å². The van der Waals surface area contributed by atoms with Crippen molar-refractivity contribution in [2.24, 2.45) is 17.3 Å². The van der Waals surface area contributed by atoms with E-state index in [1.54, 1.807) is 12.1 Å². The molecule has 0 aliphatic heterocycles. The quantitative estimate of drug-likeness (QED) is 0.306. The Balaban J connectivity index is 1.31. The Morgan fingerprint density at radius 1 is 0.784 bits per heavy atom. The lowest BCUT2D eigenvalue weighted by Crippen LogP contribution is -2.60. The summed E-state index contributed by atoms with van der Waals surface area (Å²) >= 11 is 0. The van der Waals surface area contributed by atoms with Crippen LogP contribution in [0.3, 0.4) is 0 Å². The van der Waals surface area contributed by atoms with Crippen molar-refractivity contribution >= 4 is 0 Å². The fraction of sp³-hybridized carbons (Fsp3) is 0.438. The van der Waals surface area contributed by atoms with Gasteiger partial charge in [-0.2, -0.15) is 0 Å². The van der Waals surface area contributed by atoms with Gasteiger partial charge in [-0.15, -0.1) is 0 Å². The van der Waals surface area contributed by atoms with E-state index in [1.165, 1.54) is 24.0 Å². The van der Waals surface area contributed by atoms with Gasteiger partial charge in [0, 0.05) is 41.7 Å². The molecule has 5 heteroatoms. The van der Waals surface area contributed by atoms with E-state index in [2.05, 4.69) is 23.6 Å². The van der Waals surface area contributed by atoms with Crippen molar-refractivity contribution in [2.75, 3.05) is 0 Å². The zero-order valence-electron chi connectivity index (χ0n) is 21.5. The van der Waals surface area contributed by atoms with Crippen LogP contribution in [0.15, 0.2) is 66.7 Å². The molecule has 3 aliphatic rings. The highest BCUT2D eigenvalue weighted by Crippen LogP contribution is 2.61. The molecule has 5 N–H and O–H groups in total. The summed E-state index contributed by atoms with van der Waals surface area (Å²) in [6.45, 7) is 3.76. The molecule has 2 saturated carbocycles. The maximum Gasteiger partial charge on any atom is 0.120 e. The first-order valence-electron chi connectivity index (χ1n) is 13.8. The van der Waals surface area contributed by atoms with E-state index in [0.717, 1.165) is 30.4 Å². The third-order valence-electron chi connectivity index (χ3n) is 9.92. The van der Waals surface area contributed by atoms with Crippen LogP contribution < -0.4 is 10.6 Å². The number of hydrogen-bond donors (Lipinski definition) is 5. The maximum absolute atomic E-state index is 10.4. The van der Waals surface area contributed by atoms with E-state index in [1.807, 2.05) is 48.5 Å². The van der Waals surface area contributed by atoms with Gasteiger partial charge in [-0.25, -0.2) is 0 Å². The number of para-hydroxylation sites is 2. The van der Waals surface area contributed by atoms with Crippen molar-refractivity contribution in [1.29, 1.82) is 0 Å². The van der Waals surface area contributed by atoms with Gasteiger partial charge >= 0.3 is 0 Å². The van der Waals surface area contributed by atoms with E-state index in [9.17, 15) is 15.3 Å².